The first-order chi connectivity index (χ1) is 6.24. The summed E-state index contributed by atoms with van der Waals surface area (Å²) in [6, 6.07) is 7.21. The van der Waals surface area contributed by atoms with Crippen molar-refractivity contribution in [2.45, 2.75) is 24.7 Å². The maximum Gasteiger partial charge on any atom is 0.0529 e. The van der Waals surface area contributed by atoms with Crippen molar-refractivity contribution in [2.75, 3.05) is 5.75 Å². The van der Waals surface area contributed by atoms with Crippen LogP contribution in [0.3, 0.4) is 0 Å². The summed E-state index contributed by atoms with van der Waals surface area (Å²) in [7, 11) is -0.850. The van der Waals surface area contributed by atoms with E-state index in [9.17, 15) is 4.21 Å². The molecule has 0 saturated heterocycles. The molecule has 1 aromatic rings. The van der Waals surface area contributed by atoms with Crippen molar-refractivity contribution in [3.05, 3.63) is 29.3 Å². The van der Waals surface area contributed by atoms with Crippen molar-refractivity contribution in [2.24, 2.45) is 0 Å². The lowest BCUT2D eigenvalue weighted by Gasteiger charge is -2.00. The van der Waals surface area contributed by atoms with Gasteiger partial charge in [-0.2, -0.15) is 0 Å². The summed E-state index contributed by atoms with van der Waals surface area (Å²) in [5, 5.41) is 0.691. The van der Waals surface area contributed by atoms with Crippen molar-refractivity contribution in [3.8, 4) is 0 Å². The summed E-state index contributed by atoms with van der Waals surface area (Å²) >= 11 is 5.72. The molecule has 0 heterocycles. The van der Waals surface area contributed by atoms with E-state index in [1.807, 2.05) is 12.1 Å². The van der Waals surface area contributed by atoms with Gasteiger partial charge < -0.3 is 0 Å². The zero-order valence-electron chi connectivity index (χ0n) is 7.63. The number of benzene rings is 1. The van der Waals surface area contributed by atoms with Crippen molar-refractivity contribution in [1.82, 2.24) is 0 Å². The van der Waals surface area contributed by atoms with E-state index in [0.29, 0.717) is 5.02 Å². The van der Waals surface area contributed by atoms with E-state index in [4.69, 9.17) is 11.6 Å². The van der Waals surface area contributed by atoms with Gasteiger partial charge in [-0.1, -0.05) is 24.9 Å². The van der Waals surface area contributed by atoms with Gasteiger partial charge in [-0.15, -0.1) is 0 Å². The molecular weight excluding hydrogens is 204 g/mol. The normalized spacial score (nSPS) is 12.8. The summed E-state index contributed by atoms with van der Waals surface area (Å²) in [5.41, 5.74) is 0. The fourth-order valence-electron chi connectivity index (χ4n) is 0.980. The first kappa shape index (κ1) is 10.7. The maximum absolute atomic E-state index is 11.6. The highest BCUT2D eigenvalue weighted by Gasteiger charge is 2.01. The third kappa shape index (κ3) is 3.49. The van der Waals surface area contributed by atoms with Crippen LogP contribution in [0, 0.1) is 0 Å². The van der Waals surface area contributed by atoms with Crippen LogP contribution in [0.4, 0.5) is 0 Å². The first-order valence-electron chi connectivity index (χ1n) is 4.38. The van der Waals surface area contributed by atoms with E-state index in [0.717, 1.165) is 23.5 Å². The van der Waals surface area contributed by atoms with E-state index in [-0.39, 0.29) is 0 Å². The van der Waals surface area contributed by atoms with Crippen LogP contribution in [0.5, 0.6) is 0 Å². The highest BCUT2D eigenvalue weighted by Crippen LogP contribution is 2.13. The minimum Gasteiger partial charge on any atom is -0.254 e. The van der Waals surface area contributed by atoms with Crippen molar-refractivity contribution < 1.29 is 4.21 Å². The lowest BCUT2D eigenvalue weighted by molar-refractivity contribution is 0.679. The highest BCUT2D eigenvalue weighted by atomic mass is 35.5. The van der Waals surface area contributed by atoms with Crippen LogP contribution in [0.25, 0.3) is 0 Å². The molecular formula is C10H13ClOS. The SMILES string of the molecule is CCCC[S@@](=O)c1ccc(Cl)cc1. The predicted octanol–water partition coefficient (Wildman–Crippen LogP) is 3.25. The molecule has 72 valence electrons. The lowest BCUT2D eigenvalue weighted by Crippen LogP contribution is -1.96. The molecule has 0 fully saturated rings. The predicted molar refractivity (Wildman–Crippen MR) is 57.6 cm³/mol. The van der Waals surface area contributed by atoms with Crippen molar-refractivity contribution in [1.29, 1.82) is 0 Å². The van der Waals surface area contributed by atoms with Gasteiger partial charge >= 0.3 is 0 Å². The van der Waals surface area contributed by atoms with Crippen molar-refractivity contribution in [3.63, 3.8) is 0 Å². The summed E-state index contributed by atoms with van der Waals surface area (Å²) < 4.78 is 11.6. The largest absolute Gasteiger partial charge is 0.254 e. The zero-order valence-corrected chi connectivity index (χ0v) is 9.20. The van der Waals surface area contributed by atoms with E-state index in [2.05, 4.69) is 6.92 Å². The summed E-state index contributed by atoms with van der Waals surface area (Å²) in [5.74, 6) is 0.748. The van der Waals surface area contributed by atoms with E-state index in [1.54, 1.807) is 12.1 Å². The number of hydrogen-bond donors (Lipinski definition) is 0. The van der Waals surface area contributed by atoms with Gasteiger partial charge in [0.05, 0.1) is 10.8 Å². The van der Waals surface area contributed by atoms with Gasteiger partial charge in [-0.05, 0) is 30.7 Å². The van der Waals surface area contributed by atoms with Gasteiger partial charge in [0.15, 0.2) is 0 Å². The Bertz CT molecular complexity index is 281. The number of hydrogen-bond acceptors (Lipinski definition) is 1. The maximum atomic E-state index is 11.6. The topological polar surface area (TPSA) is 17.1 Å². The Kier molecular flexibility index (Phi) is 4.46. The molecule has 0 saturated carbocycles. The third-order valence-electron chi connectivity index (χ3n) is 1.76. The molecule has 0 spiro atoms. The summed E-state index contributed by atoms with van der Waals surface area (Å²) in [6.07, 6.45) is 2.09. The molecule has 0 N–H and O–H groups in total. The fraction of sp³-hybridized carbons (Fsp3) is 0.400. The Morgan fingerprint density at radius 2 is 1.92 bits per heavy atom. The molecule has 1 nitrogen and oxygen atoms in total. The van der Waals surface area contributed by atoms with Gasteiger partial charge in [0.1, 0.15) is 0 Å². The Labute approximate surface area is 86.6 Å². The summed E-state index contributed by atoms with van der Waals surface area (Å²) in [6.45, 7) is 2.10. The Balaban J connectivity index is 2.61. The average molecular weight is 217 g/mol. The molecule has 0 bridgehead atoms. The molecule has 0 aliphatic heterocycles. The lowest BCUT2D eigenvalue weighted by atomic mass is 10.4. The molecule has 1 atom stereocenters. The molecule has 1 rings (SSSR count). The first-order valence-corrected chi connectivity index (χ1v) is 6.07. The molecule has 0 aromatic heterocycles. The van der Waals surface area contributed by atoms with Crippen LogP contribution < -0.4 is 0 Å². The molecule has 3 heteroatoms. The van der Waals surface area contributed by atoms with Gasteiger partial charge in [-0.3, -0.25) is 4.21 Å². The Morgan fingerprint density at radius 1 is 1.31 bits per heavy atom. The quantitative estimate of drug-likeness (QED) is 0.755. The fourth-order valence-corrected chi connectivity index (χ4v) is 2.33. The average Bonchev–Trinajstić information content (AvgIpc) is 2.15. The molecule has 0 amide bonds. The Hall–Kier alpha value is -0.340. The molecule has 0 aliphatic rings. The second-order valence-electron chi connectivity index (χ2n) is 2.86. The van der Waals surface area contributed by atoms with Crippen LogP contribution in [-0.2, 0) is 10.8 Å². The monoisotopic (exact) mass is 216 g/mol. The summed E-state index contributed by atoms with van der Waals surface area (Å²) in [4.78, 5) is 0.873. The minimum absolute atomic E-state index is 0.691. The van der Waals surface area contributed by atoms with Crippen LogP contribution >= 0.6 is 11.6 Å². The minimum atomic E-state index is -0.850. The smallest absolute Gasteiger partial charge is 0.0529 e. The molecule has 0 unspecified atom stereocenters. The zero-order chi connectivity index (χ0) is 9.68. The van der Waals surface area contributed by atoms with Gasteiger partial charge in [0, 0.05) is 15.7 Å². The molecule has 0 radical (unpaired) electrons. The van der Waals surface area contributed by atoms with Gasteiger partial charge in [-0.25, -0.2) is 0 Å². The number of halogens is 1. The van der Waals surface area contributed by atoms with Crippen LogP contribution in [0.15, 0.2) is 29.2 Å². The molecule has 13 heavy (non-hydrogen) atoms. The Morgan fingerprint density at radius 3 is 2.46 bits per heavy atom. The molecule has 1 aromatic carbocycles. The third-order valence-corrected chi connectivity index (χ3v) is 3.47. The van der Waals surface area contributed by atoms with Crippen LogP contribution in [0.1, 0.15) is 19.8 Å². The van der Waals surface area contributed by atoms with E-state index < -0.39 is 10.8 Å². The van der Waals surface area contributed by atoms with Crippen molar-refractivity contribution >= 4 is 22.4 Å². The highest BCUT2D eigenvalue weighted by molar-refractivity contribution is 7.85. The second-order valence-corrected chi connectivity index (χ2v) is 4.86. The van der Waals surface area contributed by atoms with E-state index >= 15 is 0 Å². The van der Waals surface area contributed by atoms with Gasteiger partial charge in [0.25, 0.3) is 0 Å². The number of unbranched alkanes of at least 4 members (excludes halogenated alkanes) is 1. The van der Waals surface area contributed by atoms with Gasteiger partial charge in [0.2, 0.25) is 0 Å². The van der Waals surface area contributed by atoms with Crippen LogP contribution in [-0.4, -0.2) is 9.96 Å². The number of rotatable bonds is 4. The van der Waals surface area contributed by atoms with E-state index in [1.165, 1.54) is 0 Å². The van der Waals surface area contributed by atoms with Crippen LogP contribution in [0.2, 0.25) is 5.02 Å². The standard InChI is InChI=1S/C10H13ClOS/c1-2-3-8-13(12)10-6-4-9(11)5-7-10/h4-7H,2-3,8H2,1H3/t13-/m1/s1. The second kappa shape index (κ2) is 5.40. The molecule has 0 aliphatic carbocycles.